The lowest BCUT2D eigenvalue weighted by Crippen LogP contribution is -2.13. The summed E-state index contributed by atoms with van der Waals surface area (Å²) in [6.07, 6.45) is 3.78. The number of rotatable bonds is 4. The Balaban J connectivity index is 1.28. The summed E-state index contributed by atoms with van der Waals surface area (Å²) in [5.74, 6) is -0.00543. The number of aromatic nitrogens is 5. The highest BCUT2D eigenvalue weighted by atomic mass is 32.1. The molecule has 166 valence electrons. The fraction of sp³-hybridized carbons (Fsp3) is 0.0769. The summed E-state index contributed by atoms with van der Waals surface area (Å²) < 4.78 is 3.68. The number of amides is 1. The van der Waals surface area contributed by atoms with Crippen LogP contribution in [0.5, 0.6) is 0 Å². The molecule has 0 atom stereocenters. The van der Waals surface area contributed by atoms with E-state index in [1.807, 2.05) is 52.5 Å². The minimum absolute atomic E-state index is 0.274. The maximum absolute atomic E-state index is 12.9. The molecule has 0 aliphatic rings. The van der Waals surface area contributed by atoms with Crippen LogP contribution in [0, 0.1) is 13.8 Å². The second-order valence-corrected chi connectivity index (χ2v) is 9.03. The lowest BCUT2D eigenvalue weighted by Gasteiger charge is -2.05. The lowest BCUT2D eigenvalue weighted by atomic mass is 10.0. The Morgan fingerprint density at radius 3 is 2.68 bits per heavy atom. The fourth-order valence-corrected chi connectivity index (χ4v) is 4.89. The van der Waals surface area contributed by atoms with Gasteiger partial charge in [-0.05, 0) is 31.5 Å². The highest BCUT2D eigenvalue weighted by Gasteiger charge is 2.16. The number of nitrogens with one attached hydrogen (secondary N) is 1. The van der Waals surface area contributed by atoms with E-state index in [-0.39, 0.29) is 11.9 Å². The normalized spacial score (nSPS) is 11.4. The topological polar surface area (TPSA) is 76.6 Å². The summed E-state index contributed by atoms with van der Waals surface area (Å²) in [6, 6.07) is 19.8. The third-order valence-corrected chi connectivity index (χ3v) is 6.57. The molecule has 7 nitrogen and oxygen atoms in total. The van der Waals surface area contributed by atoms with Crippen molar-refractivity contribution in [2.45, 2.75) is 13.8 Å². The van der Waals surface area contributed by atoms with E-state index in [1.165, 1.54) is 22.5 Å². The number of pyridine rings is 1. The van der Waals surface area contributed by atoms with Crippen molar-refractivity contribution in [2.24, 2.45) is 0 Å². The summed E-state index contributed by atoms with van der Waals surface area (Å²) in [7, 11) is 0. The molecule has 8 heteroatoms. The monoisotopic (exact) mass is 464 g/mol. The van der Waals surface area contributed by atoms with Crippen LogP contribution in [0.2, 0.25) is 0 Å². The van der Waals surface area contributed by atoms with Gasteiger partial charge in [-0.2, -0.15) is 4.98 Å². The Morgan fingerprint density at radius 2 is 1.85 bits per heavy atom. The molecule has 0 saturated heterocycles. The molecule has 4 heterocycles. The molecule has 0 saturated carbocycles. The number of aryl methyl sites for hydroxylation is 2. The van der Waals surface area contributed by atoms with E-state index in [2.05, 4.69) is 52.4 Å². The number of carbonyl (C=O) groups is 1. The van der Waals surface area contributed by atoms with Crippen LogP contribution >= 0.6 is 11.3 Å². The fourth-order valence-electron chi connectivity index (χ4n) is 4.07. The molecule has 2 aromatic carbocycles. The molecule has 0 bridgehead atoms. The van der Waals surface area contributed by atoms with E-state index in [9.17, 15) is 4.79 Å². The van der Waals surface area contributed by atoms with Crippen molar-refractivity contribution in [3.8, 4) is 22.5 Å². The van der Waals surface area contributed by atoms with Gasteiger partial charge < -0.3 is 4.40 Å². The molecule has 0 spiro atoms. The summed E-state index contributed by atoms with van der Waals surface area (Å²) in [6.45, 7) is 4.16. The van der Waals surface area contributed by atoms with Gasteiger partial charge in [0.1, 0.15) is 5.65 Å². The van der Waals surface area contributed by atoms with Crippen LogP contribution in [-0.2, 0) is 0 Å². The number of hydrogen-bond acceptors (Lipinski definition) is 5. The van der Waals surface area contributed by atoms with Crippen molar-refractivity contribution in [2.75, 3.05) is 5.32 Å². The van der Waals surface area contributed by atoms with Crippen LogP contribution in [0.15, 0.2) is 78.4 Å². The van der Waals surface area contributed by atoms with E-state index in [0.29, 0.717) is 11.2 Å². The first-order valence-corrected chi connectivity index (χ1v) is 11.7. The number of hydrogen-bond donors (Lipinski definition) is 1. The second-order valence-electron chi connectivity index (χ2n) is 8.20. The van der Waals surface area contributed by atoms with Gasteiger partial charge in [0.05, 0.1) is 11.4 Å². The molecule has 6 rings (SSSR count). The molecule has 1 N–H and O–H groups in total. The molecule has 0 aliphatic heterocycles. The largest absolute Gasteiger partial charge is 0.306 e. The first-order valence-electron chi connectivity index (χ1n) is 10.8. The SMILES string of the molecule is Cc1ccc(-c2csc3nc(NC(=O)c4ccn5cc(-c6ccccc6)nc5c4)nn23)c(C)c1. The lowest BCUT2D eigenvalue weighted by molar-refractivity contribution is 0.102. The number of thiazole rings is 1. The smallest absolute Gasteiger partial charge is 0.258 e. The van der Waals surface area contributed by atoms with Crippen molar-refractivity contribution in [1.29, 1.82) is 0 Å². The van der Waals surface area contributed by atoms with Crippen molar-refractivity contribution >= 4 is 33.8 Å². The van der Waals surface area contributed by atoms with Crippen molar-refractivity contribution in [3.63, 3.8) is 0 Å². The Morgan fingerprint density at radius 1 is 1.00 bits per heavy atom. The van der Waals surface area contributed by atoms with Gasteiger partial charge in [0, 0.05) is 34.5 Å². The van der Waals surface area contributed by atoms with Gasteiger partial charge in [0.25, 0.3) is 11.9 Å². The predicted molar refractivity (Wildman–Crippen MR) is 134 cm³/mol. The molecule has 4 aromatic heterocycles. The minimum Gasteiger partial charge on any atom is -0.306 e. The minimum atomic E-state index is -0.280. The highest BCUT2D eigenvalue weighted by Crippen LogP contribution is 2.29. The van der Waals surface area contributed by atoms with Crippen molar-refractivity contribution in [3.05, 3.63) is 95.1 Å². The number of fused-ring (bicyclic) bond motifs is 2. The van der Waals surface area contributed by atoms with E-state index < -0.39 is 0 Å². The predicted octanol–water partition coefficient (Wildman–Crippen LogP) is 5.64. The third-order valence-electron chi connectivity index (χ3n) is 5.76. The van der Waals surface area contributed by atoms with Crippen LogP contribution in [0.1, 0.15) is 21.5 Å². The zero-order valence-corrected chi connectivity index (χ0v) is 19.4. The van der Waals surface area contributed by atoms with Crippen LogP contribution in [0.25, 0.3) is 33.1 Å². The summed E-state index contributed by atoms with van der Waals surface area (Å²) >= 11 is 1.49. The maximum atomic E-state index is 12.9. The third kappa shape index (κ3) is 3.54. The van der Waals surface area contributed by atoms with Crippen LogP contribution in [0.3, 0.4) is 0 Å². The van der Waals surface area contributed by atoms with Gasteiger partial charge in [0.15, 0.2) is 0 Å². The number of carbonyl (C=O) groups excluding carboxylic acids is 1. The summed E-state index contributed by atoms with van der Waals surface area (Å²) in [5, 5.41) is 9.41. The molecule has 1 amide bonds. The van der Waals surface area contributed by atoms with E-state index >= 15 is 0 Å². The summed E-state index contributed by atoms with van der Waals surface area (Å²) in [5.41, 5.74) is 7.50. The Hall–Kier alpha value is -4.30. The molecular formula is C26H20N6OS. The first-order chi connectivity index (χ1) is 16.5. The quantitative estimate of drug-likeness (QED) is 0.366. The number of anilines is 1. The zero-order chi connectivity index (χ0) is 23.2. The second kappa shape index (κ2) is 7.93. The number of benzene rings is 2. The molecule has 0 radical (unpaired) electrons. The van der Waals surface area contributed by atoms with E-state index in [4.69, 9.17) is 0 Å². The maximum Gasteiger partial charge on any atom is 0.258 e. The van der Waals surface area contributed by atoms with Gasteiger partial charge in [0.2, 0.25) is 4.96 Å². The van der Waals surface area contributed by atoms with Crippen LogP contribution in [-0.4, -0.2) is 29.9 Å². The zero-order valence-electron chi connectivity index (χ0n) is 18.6. The van der Waals surface area contributed by atoms with Gasteiger partial charge >= 0.3 is 0 Å². The van der Waals surface area contributed by atoms with Gasteiger partial charge in [-0.1, -0.05) is 54.1 Å². The van der Waals surface area contributed by atoms with Crippen LogP contribution < -0.4 is 5.32 Å². The summed E-state index contributed by atoms with van der Waals surface area (Å²) in [4.78, 5) is 22.8. The number of nitrogens with zero attached hydrogens (tertiary/aromatic N) is 5. The molecular weight excluding hydrogens is 444 g/mol. The Bertz CT molecular complexity index is 1680. The average Bonchev–Trinajstić information content (AvgIpc) is 3.53. The average molecular weight is 465 g/mol. The van der Waals surface area contributed by atoms with Gasteiger partial charge in [-0.15, -0.1) is 16.4 Å². The van der Waals surface area contributed by atoms with Crippen molar-refractivity contribution in [1.82, 2.24) is 24.0 Å². The standard InChI is InChI=1S/C26H20N6OS/c1-16-8-9-20(17(2)12-16)22-15-34-26-29-25(30-32(22)26)28-24(33)19-10-11-31-14-21(27-23(31)13-19)18-6-4-3-5-7-18/h3-15H,1-2H3,(H,28,30,33). The highest BCUT2D eigenvalue weighted by molar-refractivity contribution is 7.15. The molecule has 6 aromatic rings. The Labute approximate surface area is 199 Å². The van der Waals surface area contributed by atoms with Crippen LogP contribution in [0.4, 0.5) is 5.95 Å². The van der Waals surface area contributed by atoms with Crippen molar-refractivity contribution < 1.29 is 4.79 Å². The van der Waals surface area contributed by atoms with E-state index in [0.717, 1.165) is 27.5 Å². The molecule has 34 heavy (non-hydrogen) atoms. The van der Waals surface area contributed by atoms with Gasteiger partial charge in [-0.3, -0.25) is 10.1 Å². The first kappa shape index (κ1) is 20.3. The Kier molecular flexibility index (Phi) is 4.74. The molecule has 0 aliphatic carbocycles. The van der Waals surface area contributed by atoms with Gasteiger partial charge in [-0.25, -0.2) is 9.50 Å². The van der Waals surface area contributed by atoms with E-state index in [1.54, 1.807) is 16.6 Å². The molecule has 0 fully saturated rings. The molecule has 0 unspecified atom stereocenters. The number of imidazole rings is 1.